The van der Waals surface area contributed by atoms with E-state index in [4.69, 9.17) is 0 Å². The van der Waals surface area contributed by atoms with Crippen LogP contribution in [0.25, 0.3) is 0 Å². The fourth-order valence-corrected chi connectivity index (χ4v) is 2.51. The molecule has 1 unspecified atom stereocenters. The largest absolute Gasteiger partial charge is 0.396 e. The topological polar surface area (TPSA) is 57.6 Å². The Morgan fingerprint density at radius 3 is 2.22 bits per heavy atom. The van der Waals surface area contributed by atoms with Crippen LogP contribution in [0.15, 0.2) is 54.6 Å². The van der Waals surface area contributed by atoms with E-state index in [2.05, 4.69) is 0 Å². The first-order chi connectivity index (χ1) is 11.0. The van der Waals surface area contributed by atoms with Gasteiger partial charge in [0.1, 0.15) is 0 Å². The maximum atomic E-state index is 12.5. The molecule has 2 aromatic carbocycles. The highest BCUT2D eigenvalue weighted by Crippen LogP contribution is 2.23. The third-order valence-electron chi connectivity index (χ3n) is 3.88. The zero-order valence-corrected chi connectivity index (χ0v) is 13.4. The summed E-state index contributed by atoms with van der Waals surface area (Å²) in [6, 6.07) is 16.0. The second-order valence-electron chi connectivity index (χ2n) is 5.55. The second-order valence-corrected chi connectivity index (χ2v) is 5.55. The van der Waals surface area contributed by atoms with Gasteiger partial charge in [0.25, 0.3) is 5.91 Å². The highest BCUT2D eigenvalue weighted by molar-refractivity contribution is 6.42. The lowest BCUT2D eigenvalue weighted by Crippen LogP contribution is -2.37. The lowest BCUT2D eigenvalue weighted by molar-refractivity contribution is -0.127. The first kappa shape index (κ1) is 16.9. The van der Waals surface area contributed by atoms with Crippen LogP contribution in [-0.2, 0) is 4.79 Å². The van der Waals surface area contributed by atoms with Crippen LogP contribution < -0.4 is 0 Å². The summed E-state index contributed by atoms with van der Waals surface area (Å²) in [6.07, 6.45) is 0.382. The van der Waals surface area contributed by atoms with Gasteiger partial charge in [-0.3, -0.25) is 9.59 Å². The molecule has 4 heteroatoms. The molecule has 23 heavy (non-hydrogen) atoms. The molecule has 1 amide bonds. The Bertz CT molecular complexity index is 665. The number of ketones is 1. The van der Waals surface area contributed by atoms with Crippen molar-refractivity contribution in [2.75, 3.05) is 13.7 Å². The van der Waals surface area contributed by atoms with Crippen LogP contribution in [0.3, 0.4) is 0 Å². The smallest absolute Gasteiger partial charge is 0.295 e. The summed E-state index contributed by atoms with van der Waals surface area (Å²) in [7, 11) is 1.60. The standard InChI is InChI=1S/C19H21NO3/c1-14-8-10-16(11-9-14)18(22)19(23)20(2)17(12-13-21)15-6-4-3-5-7-15/h3-11,17,21H,12-13H2,1-2H3. The van der Waals surface area contributed by atoms with Crippen molar-refractivity contribution in [3.05, 3.63) is 71.3 Å². The van der Waals surface area contributed by atoms with E-state index in [-0.39, 0.29) is 12.6 Å². The van der Waals surface area contributed by atoms with Crippen molar-refractivity contribution in [2.24, 2.45) is 0 Å². The maximum absolute atomic E-state index is 12.5. The number of likely N-dealkylation sites (N-methyl/N-ethyl adjacent to an activating group) is 1. The molecule has 1 atom stereocenters. The lowest BCUT2D eigenvalue weighted by atomic mass is 10.0. The normalized spacial score (nSPS) is 11.8. The van der Waals surface area contributed by atoms with Gasteiger partial charge in [0, 0.05) is 19.2 Å². The van der Waals surface area contributed by atoms with Crippen LogP contribution in [0.1, 0.15) is 33.9 Å². The summed E-state index contributed by atoms with van der Waals surface area (Å²) < 4.78 is 0. The molecule has 0 aliphatic carbocycles. The summed E-state index contributed by atoms with van der Waals surface area (Å²) in [5.74, 6) is -1.11. The molecule has 2 aromatic rings. The highest BCUT2D eigenvalue weighted by atomic mass is 16.3. The quantitative estimate of drug-likeness (QED) is 0.659. The fourth-order valence-electron chi connectivity index (χ4n) is 2.51. The molecule has 0 fully saturated rings. The number of amides is 1. The molecule has 0 spiro atoms. The number of carbonyl (C=O) groups is 2. The molecule has 0 aliphatic heterocycles. The molecular formula is C19H21NO3. The number of benzene rings is 2. The summed E-state index contributed by atoms with van der Waals surface area (Å²) in [5, 5.41) is 9.29. The minimum absolute atomic E-state index is 0.0596. The van der Waals surface area contributed by atoms with Crippen LogP contribution in [-0.4, -0.2) is 35.4 Å². The Labute approximate surface area is 136 Å². The number of hydrogen-bond acceptors (Lipinski definition) is 3. The molecule has 0 saturated carbocycles. The van der Waals surface area contributed by atoms with Crippen LogP contribution in [0.4, 0.5) is 0 Å². The van der Waals surface area contributed by atoms with E-state index in [0.717, 1.165) is 11.1 Å². The zero-order chi connectivity index (χ0) is 16.8. The average Bonchev–Trinajstić information content (AvgIpc) is 2.59. The molecule has 0 aromatic heterocycles. The predicted octanol–water partition coefficient (Wildman–Crippen LogP) is 2.76. The van der Waals surface area contributed by atoms with Crippen molar-refractivity contribution < 1.29 is 14.7 Å². The van der Waals surface area contributed by atoms with E-state index in [0.29, 0.717) is 12.0 Å². The molecule has 0 radical (unpaired) electrons. The number of carbonyl (C=O) groups excluding carboxylic acids is 2. The number of Topliss-reactive ketones (excluding diaryl/α,β-unsaturated/α-hetero) is 1. The Balaban J connectivity index is 2.22. The van der Waals surface area contributed by atoms with Crippen molar-refractivity contribution in [1.29, 1.82) is 0 Å². The Hall–Kier alpha value is -2.46. The van der Waals surface area contributed by atoms with Gasteiger partial charge in [0.05, 0.1) is 6.04 Å². The number of rotatable bonds is 6. The number of aryl methyl sites for hydroxylation is 1. The maximum Gasteiger partial charge on any atom is 0.295 e. The van der Waals surface area contributed by atoms with E-state index in [1.807, 2.05) is 49.4 Å². The van der Waals surface area contributed by atoms with Crippen LogP contribution >= 0.6 is 0 Å². The van der Waals surface area contributed by atoms with E-state index >= 15 is 0 Å². The van der Waals surface area contributed by atoms with Crippen molar-refractivity contribution in [3.8, 4) is 0 Å². The first-order valence-electron chi connectivity index (χ1n) is 7.58. The monoisotopic (exact) mass is 311 g/mol. The molecule has 2 rings (SSSR count). The molecule has 1 N–H and O–H groups in total. The van der Waals surface area contributed by atoms with Gasteiger partial charge in [0.15, 0.2) is 0 Å². The Morgan fingerprint density at radius 1 is 1.04 bits per heavy atom. The van der Waals surface area contributed by atoms with Crippen molar-refractivity contribution in [3.63, 3.8) is 0 Å². The molecule has 0 saturated heterocycles. The summed E-state index contributed by atoms with van der Waals surface area (Å²) in [5.41, 5.74) is 2.31. The number of hydrogen-bond donors (Lipinski definition) is 1. The van der Waals surface area contributed by atoms with Gasteiger partial charge in [0.2, 0.25) is 5.78 Å². The molecule has 4 nitrogen and oxygen atoms in total. The zero-order valence-electron chi connectivity index (χ0n) is 13.4. The summed E-state index contributed by atoms with van der Waals surface area (Å²) in [4.78, 5) is 26.3. The van der Waals surface area contributed by atoms with Gasteiger partial charge in [-0.05, 0) is 18.9 Å². The minimum Gasteiger partial charge on any atom is -0.396 e. The number of nitrogens with zero attached hydrogens (tertiary/aromatic N) is 1. The molecule has 0 bridgehead atoms. The van der Waals surface area contributed by atoms with E-state index in [9.17, 15) is 14.7 Å². The molecule has 0 heterocycles. The highest BCUT2D eigenvalue weighted by Gasteiger charge is 2.27. The third kappa shape index (κ3) is 4.05. The molecule has 120 valence electrons. The van der Waals surface area contributed by atoms with Crippen molar-refractivity contribution >= 4 is 11.7 Å². The molecular weight excluding hydrogens is 290 g/mol. The lowest BCUT2D eigenvalue weighted by Gasteiger charge is -2.27. The minimum atomic E-state index is -0.573. The van der Waals surface area contributed by atoms with Crippen LogP contribution in [0, 0.1) is 6.92 Å². The van der Waals surface area contributed by atoms with Gasteiger partial charge >= 0.3 is 0 Å². The Morgan fingerprint density at radius 2 is 1.65 bits per heavy atom. The average molecular weight is 311 g/mol. The first-order valence-corrected chi connectivity index (χ1v) is 7.58. The van der Waals surface area contributed by atoms with Gasteiger partial charge in [-0.25, -0.2) is 0 Å². The van der Waals surface area contributed by atoms with E-state index in [1.54, 1.807) is 19.2 Å². The predicted molar refractivity (Wildman–Crippen MR) is 89.2 cm³/mol. The third-order valence-corrected chi connectivity index (χ3v) is 3.88. The summed E-state index contributed by atoms with van der Waals surface area (Å²) >= 11 is 0. The van der Waals surface area contributed by atoms with Gasteiger partial charge in [-0.2, -0.15) is 0 Å². The SMILES string of the molecule is Cc1ccc(C(=O)C(=O)N(C)C(CCO)c2ccccc2)cc1. The van der Waals surface area contributed by atoms with Gasteiger partial charge < -0.3 is 10.0 Å². The number of aliphatic hydroxyl groups excluding tert-OH is 1. The van der Waals surface area contributed by atoms with Crippen molar-refractivity contribution in [1.82, 2.24) is 4.90 Å². The number of aliphatic hydroxyl groups is 1. The van der Waals surface area contributed by atoms with Gasteiger partial charge in [-0.15, -0.1) is 0 Å². The second kappa shape index (κ2) is 7.70. The van der Waals surface area contributed by atoms with Gasteiger partial charge in [-0.1, -0.05) is 60.2 Å². The van der Waals surface area contributed by atoms with Crippen LogP contribution in [0.2, 0.25) is 0 Å². The fraction of sp³-hybridized carbons (Fsp3) is 0.263. The van der Waals surface area contributed by atoms with E-state index < -0.39 is 11.7 Å². The molecule has 0 aliphatic rings. The van der Waals surface area contributed by atoms with Crippen molar-refractivity contribution in [2.45, 2.75) is 19.4 Å². The summed E-state index contributed by atoms with van der Waals surface area (Å²) in [6.45, 7) is 1.87. The van der Waals surface area contributed by atoms with Crippen LogP contribution in [0.5, 0.6) is 0 Å². The van der Waals surface area contributed by atoms with E-state index in [1.165, 1.54) is 4.90 Å². The Kier molecular flexibility index (Phi) is 5.66.